The Morgan fingerprint density at radius 2 is 2.05 bits per heavy atom. The van der Waals surface area contributed by atoms with Gasteiger partial charge in [0, 0.05) is 22.1 Å². The second-order valence-corrected chi connectivity index (χ2v) is 6.89. The van der Waals surface area contributed by atoms with Crippen molar-refractivity contribution >= 4 is 29.0 Å². The normalized spacial score (nSPS) is 10.5. The van der Waals surface area contributed by atoms with Crippen LogP contribution in [0.15, 0.2) is 41.3 Å². The quantitative estimate of drug-likeness (QED) is 0.642. The van der Waals surface area contributed by atoms with Gasteiger partial charge in [-0.2, -0.15) is 0 Å². The number of aryl methyl sites for hydroxylation is 2. The van der Waals surface area contributed by atoms with Crippen molar-refractivity contribution in [3.05, 3.63) is 51.7 Å². The molecule has 0 saturated carbocycles. The second kappa shape index (κ2) is 7.50. The summed E-state index contributed by atoms with van der Waals surface area (Å²) in [5.41, 5.74) is 1.28. The Hall–Kier alpha value is -1.26. The first-order valence-electron chi connectivity index (χ1n) is 6.76. The molecule has 0 aliphatic heterocycles. The van der Waals surface area contributed by atoms with Gasteiger partial charge in [0.25, 0.3) is 5.91 Å². The van der Waals surface area contributed by atoms with E-state index in [9.17, 15) is 4.79 Å². The monoisotopic (exact) mass is 305 g/mol. The second-order valence-electron chi connectivity index (χ2n) is 4.46. The molecular formula is C16H19NOS2. The van der Waals surface area contributed by atoms with E-state index in [1.165, 1.54) is 15.3 Å². The van der Waals surface area contributed by atoms with Gasteiger partial charge in [-0.3, -0.25) is 4.79 Å². The highest BCUT2D eigenvalue weighted by Gasteiger charge is 2.10. The van der Waals surface area contributed by atoms with E-state index in [1.54, 1.807) is 23.1 Å². The Morgan fingerprint density at radius 3 is 2.70 bits per heavy atom. The number of carbonyl (C=O) groups is 1. The Morgan fingerprint density at radius 1 is 1.30 bits per heavy atom. The molecule has 0 radical (unpaired) electrons. The molecule has 0 fully saturated rings. The molecule has 1 aromatic carbocycles. The number of thiophene rings is 1. The molecule has 0 atom stereocenters. The summed E-state index contributed by atoms with van der Waals surface area (Å²) in [5, 5.41) is 2.98. The third-order valence-electron chi connectivity index (χ3n) is 3.02. The highest BCUT2D eigenvalue weighted by Crippen LogP contribution is 2.22. The van der Waals surface area contributed by atoms with Gasteiger partial charge >= 0.3 is 0 Å². The predicted octanol–water partition coefficient (Wildman–Crippen LogP) is 4.14. The summed E-state index contributed by atoms with van der Waals surface area (Å²) < 4.78 is 0. The first kappa shape index (κ1) is 15.1. The summed E-state index contributed by atoms with van der Waals surface area (Å²) in [4.78, 5) is 15.3. The summed E-state index contributed by atoms with van der Waals surface area (Å²) >= 11 is 3.34. The number of hydrogen-bond donors (Lipinski definition) is 1. The van der Waals surface area contributed by atoms with Crippen molar-refractivity contribution in [2.45, 2.75) is 25.2 Å². The van der Waals surface area contributed by atoms with Crippen LogP contribution >= 0.6 is 23.1 Å². The van der Waals surface area contributed by atoms with Crippen LogP contribution in [0, 0.1) is 6.92 Å². The molecule has 2 nitrogen and oxygen atoms in total. The van der Waals surface area contributed by atoms with E-state index >= 15 is 0 Å². The van der Waals surface area contributed by atoms with Crippen molar-refractivity contribution in [2.75, 3.05) is 12.3 Å². The zero-order valence-electron chi connectivity index (χ0n) is 11.8. The molecule has 20 heavy (non-hydrogen) atoms. The number of thioether (sulfide) groups is 1. The Balaban J connectivity index is 1.77. The fourth-order valence-electron chi connectivity index (χ4n) is 1.92. The van der Waals surface area contributed by atoms with Crippen molar-refractivity contribution in [2.24, 2.45) is 0 Å². The SMILES string of the molecule is CCc1cc(C(=O)NCCSc2ccccc2)sc1C. The lowest BCUT2D eigenvalue weighted by Gasteiger charge is -2.03. The molecule has 1 N–H and O–H groups in total. The van der Waals surface area contributed by atoms with E-state index in [0.717, 1.165) is 17.1 Å². The lowest BCUT2D eigenvalue weighted by molar-refractivity contribution is 0.0960. The Bertz CT molecular complexity index is 563. The van der Waals surface area contributed by atoms with Crippen molar-refractivity contribution in [1.82, 2.24) is 5.32 Å². The molecule has 106 valence electrons. The molecule has 0 unspecified atom stereocenters. The minimum atomic E-state index is 0.0476. The molecule has 0 aliphatic rings. The zero-order chi connectivity index (χ0) is 14.4. The Labute approximate surface area is 128 Å². The summed E-state index contributed by atoms with van der Waals surface area (Å²) in [6.07, 6.45) is 0.986. The molecule has 2 rings (SSSR count). The minimum Gasteiger partial charge on any atom is -0.350 e. The molecule has 1 aromatic heterocycles. The maximum Gasteiger partial charge on any atom is 0.261 e. The first-order valence-corrected chi connectivity index (χ1v) is 8.56. The van der Waals surface area contributed by atoms with Crippen LogP contribution < -0.4 is 5.32 Å². The molecule has 1 amide bonds. The van der Waals surface area contributed by atoms with Gasteiger partial charge in [0.2, 0.25) is 0 Å². The van der Waals surface area contributed by atoms with Crippen LogP contribution in [0.2, 0.25) is 0 Å². The summed E-state index contributed by atoms with van der Waals surface area (Å²) in [7, 11) is 0. The smallest absolute Gasteiger partial charge is 0.261 e. The Kier molecular flexibility index (Phi) is 5.68. The van der Waals surface area contributed by atoms with Gasteiger partial charge < -0.3 is 5.32 Å². The van der Waals surface area contributed by atoms with E-state index in [0.29, 0.717) is 6.54 Å². The highest BCUT2D eigenvalue weighted by atomic mass is 32.2. The van der Waals surface area contributed by atoms with Gasteiger partial charge in [0.1, 0.15) is 0 Å². The van der Waals surface area contributed by atoms with Crippen LogP contribution in [0.25, 0.3) is 0 Å². The maximum atomic E-state index is 12.0. The molecule has 0 bridgehead atoms. The molecular weight excluding hydrogens is 286 g/mol. The van der Waals surface area contributed by atoms with Gasteiger partial charge in [-0.25, -0.2) is 0 Å². The predicted molar refractivity (Wildman–Crippen MR) is 87.9 cm³/mol. The van der Waals surface area contributed by atoms with Crippen molar-refractivity contribution in [3.8, 4) is 0 Å². The highest BCUT2D eigenvalue weighted by molar-refractivity contribution is 7.99. The standard InChI is InChI=1S/C16H19NOS2/c1-3-13-11-15(20-12(13)2)16(18)17-9-10-19-14-7-5-4-6-8-14/h4-8,11H,3,9-10H2,1-2H3,(H,17,18). The topological polar surface area (TPSA) is 29.1 Å². The van der Waals surface area contributed by atoms with Crippen LogP contribution in [0.1, 0.15) is 27.0 Å². The van der Waals surface area contributed by atoms with Gasteiger partial charge in [-0.15, -0.1) is 23.1 Å². The fourth-order valence-corrected chi connectivity index (χ4v) is 3.74. The van der Waals surface area contributed by atoms with E-state index in [1.807, 2.05) is 24.3 Å². The third kappa shape index (κ3) is 4.12. The zero-order valence-corrected chi connectivity index (χ0v) is 13.4. The van der Waals surface area contributed by atoms with Gasteiger partial charge in [0.15, 0.2) is 0 Å². The van der Waals surface area contributed by atoms with Gasteiger partial charge in [0.05, 0.1) is 4.88 Å². The van der Waals surface area contributed by atoms with Gasteiger partial charge in [-0.1, -0.05) is 25.1 Å². The maximum absolute atomic E-state index is 12.0. The fraction of sp³-hybridized carbons (Fsp3) is 0.312. The van der Waals surface area contributed by atoms with Crippen LogP contribution in [0.4, 0.5) is 0 Å². The number of amides is 1. The third-order valence-corrected chi connectivity index (χ3v) is 5.13. The van der Waals surface area contributed by atoms with Gasteiger partial charge in [-0.05, 0) is 37.1 Å². The molecule has 1 heterocycles. The minimum absolute atomic E-state index is 0.0476. The van der Waals surface area contributed by atoms with Crippen molar-refractivity contribution in [1.29, 1.82) is 0 Å². The average molecular weight is 305 g/mol. The summed E-state index contributed by atoms with van der Waals surface area (Å²) in [6.45, 7) is 4.88. The number of hydrogen-bond acceptors (Lipinski definition) is 3. The van der Waals surface area contributed by atoms with E-state index in [-0.39, 0.29) is 5.91 Å². The van der Waals surface area contributed by atoms with Crippen molar-refractivity contribution in [3.63, 3.8) is 0 Å². The molecule has 0 aliphatic carbocycles. The summed E-state index contributed by atoms with van der Waals surface area (Å²) in [5.74, 6) is 0.937. The first-order chi connectivity index (χ1) is 9.70. The van der Waals surface area contributed by atoms with Crippen LogP contribution in [0.5, 0.6) is 0 Å². The van der Waals surface area contributed by atoms with Crippen LogP contribution in [-0.4, -0.2) is 18.2 Å². The van der Waals surface area contributed by atoms with E-state index in [4.69, 9.17) is 0 Å². The molecule has 4 heteroatoms. The number of nitrogens with one attached hydrogen (secondary N) is 1. The lowest BCUT2D eigenvalue weighted by atomic mass is 10.2. The molecule has 2 aromatic rings. The number of rotatable bonds is 6. The summed E-state index contributed by atoms with van der Waals surface area (Å²) in [6, 6.07) is 12.3. The molecule has 0 spiro atoms. The lowest BCUT2D eigenvalue weighted by Crippen LogP contribution is -2.24. The van der Waals surface area contributed by atoms with Crippen molar-refractivity contribution < 1.29 is 4.79 Å². The molecule has 0 saturated heterocycles. The van der Waals surface area contributed by atoms with E-state index in [2.05, 4.69) is 31.3 Å². The average Bonchev–Trinajstić information content (AvgIpc) is 2.86. The van der Waals surface area contributed by atoms with Crippen LogP contribution in [-0.2, 0) is 6.42 Å². The number of benzene rings is 1. The van der Waals surface area contributed by atoms with E-state index < -0.39 is 0 Å². The largest absolute Gasteiger partial charge is 0.350 e. The number of carbonyl (C=O) groups excluding carboxylic acids is 1. The van der Waals surface area contributed by atoms with Crippen LogP contribution in [0.3, 0.4) is 0 Å².